The van der Waals surface area contributed by atoms with Gasteiger partial charge < -0.3 is 20.7 Å². The Kier molecular flexibility index (Phi) is 7.23. The summed E-state index contributed by atoms with van der Waals surface area (Å²) < 4.78 is 5.73. The quantitative estimate of drug-likeness (QED) is 0.479. The van der Waals surface area contributed by atoms with Crippen LogP contribution in [0.2, 0.25) is 5.02 Å². The number of carbonyl (C=O) groups is 3. The minimum atomic E-state index is -0.641. The lowest BCUT2D eigenvalue weighted by Gasteiger charge is -2.36. The molecule has 0 aliphatic carbocycles. The third kappa shape index (κ3) is 5.60. The van der Waals surface area contributed by atoms with Crippen LogP contribution in [0.4, 0.5) is 5.69 Å². The van der Waals surface area contributed by atoms with Gasteiger partial charge >= 0.3 is 0 Å². The lowest BCUT2D eigenvalue weighted by atomic mass is 10.1. The number of rotatable bonds is 7. The van der Waals surface area contributed by atoms with Crippen LogP contribution in [0.15, 0.2) is 71.7 Å². The number of benzene rings is 2. The molecular weight excluding hydrogens is 508 g/mol. The van der Waals surface area contributed by atoms with Gasteiger partial charge in [-0.1, -0.05) is 29.8 Å². The molecule has 2 aliphatic rings. The first kappa shape index (κ1) is 25.2. The number of pyridine rings is 1. The van der Waals surface area contributed by atoms with Gasteiger partial charge in [0.05, 0.1) is 13.1 Å². The van der Waals surface area contributed by atoms with Gasteiger partial charge in [0.1, 0.15) is 17.5 Å². The molecule has 194 valence electrons. The smallest absolute Gasteiger partial charge is 0.267 e. The second-order valence-electron chi connectivity index (χ2n) is 8.90. The summed E-state index contributed by atoms with van der Waals surface area (Å²) in [5.41, 5.74) is 6.94. The third-order valence-electron chi connectivity index (χ3n) is 6.27. The number of likely N-dealkylation sites (tertiary alicyclic amines) is 1. The maximum absolute atomic E-state index is 13.6. The first-order chi connectivity index (χ1) is 18.4. The van der Waals surface area contributed by atoms with Crippen LogP contribution in [0, 0.1) is 0 Å². The maximum atomic E-state index is 13.6. The Balaban J connectivity index is 1.34. The van der Waals surface area contributed by atoms with Gasteiger partial charge in [-0.25, -0.2) is 9.98 Å². The highest BCUT2D eigenvalue weighted by molar-refractivity contribution is 6.30. The number of nitrogens with two attached hydrogens (primary N) is 1. The number of amides is 3. The van der Waals surface area contributed by atoms with E-state index >= 15 is 0 Å². The van der Waals surface area contributed by atoms with Crippen LogP contribution < -0.4 is 15.8 Å². The molecule has 1 aromatic heterocycles. The number of carbonyl (C=O) groups excluding carboxylic acids is 3. The summed E-state index contributed by atoms with van der Waals surface area (Å²) in [6.07, 6.45) is 1.19. The summed E-state index contributed by atoms with van der Waals surface area (Å²) in [6.45, 7) is 1.01. The fourth-order valence-electron chi connectivity index (χ4n) is 4.35. The zero-order valence-corrected chi connectivity index (χ0v) is 21.1. The molecular formula is C27H25ClN6O4. The number of nitrogens with one attached hydrogen (secondary N) is 1. The summed E-state index contributed by atoms with van der Waals surface area (Å²) in [5.74, 6) is 0.272. The molecule has 2 aromatic carbocycles. The standard InChI is InChI=1S/C27H25ClN6O4/c28-18-8-6-17(7-9-18)16-34-26(37)22(33-14-2-5-24(33)35)15-30-27(34)31-19-10-12-20(13-11-19)38-23-4-1-3-21(32-23)25(29)36/h1,3-4,6-13,22H,2,5,14-16H2,(H2,29,36)(H,30,31). The van der Waals surface area contributed by atoms with Gasteiger partial charge in [0.2, 0.25) is 17.7 Å². The van der Waals surface area contributed by atoms with Crippen molar-refractivity contribution in [2.45, 2.75) is 25.4 Å². The molecule has 3 N–H and O–H groups in total. The summed E-state index contributed by atoms with van der Waals surface area (Å²) >= 11 is 6.03. The molecule has 1 atom stereocenters. The molecule has 2 aliphatic heterocycles. The van der Waals surface area contributed by atoms with Gasteiger partial charge in [-0.15, -0.1) is 0 Å². The predicted molar refractivity (Wildman–Crippen MR) is 142 cm³/mol. The number of nitrogens with zero attached hydrogens (tertiary/aromatic N) is 4. The first-order valence-corrected chi connectivity index (χ1v) is 12.5. The van der Waals surface area contributed by atoms with Crippen LogP contribution in [-0.2, 0) is 16.1 Å². The lowest BCUT2D eigenvalue weighted by Crippen LogP contribution is -2.56. The number of guanidine groups is 1. The average molecular weight is 533 g/mol. The molecule has 3 aromatic rings. The largest absolute Gasteiger partial charge is 0.439 e. The molecule has 11 heteroatoms. The van der Waals surface area contributed by atoms with Crippen LogP contribution >= 0.6 is 11.6 Å². The summed E-state index contributed by atoms with van der Waals surface area (Å²) in [5, 5.41) is 3.83. The molecule has 3 heterocycles. The van der Waals surface area contributed by atoms with Crippen LogP contribution in [0.25, 0.3) is 0 Å². The molecule has 0 radical (unpaired) electrons. The number of hydrogen-bond acceptors (Lipinski definition) is 7. The molecule has 10 nitrogen and oxygen atoms in total. The van der Waals surface area contributed by atoms with Crippen molar-refractivity contribution in [1.82, 2.24) is 14.8 Å². The highest BCUT2D eigenvalue weighted by Gasteiger charge is 2.39. The number of aromatic nitrogens is 1. The van der Waals surface area contributed by atoms with E-state index in [4.69, 9.17) is 22.1 Å². The third-order valence-corrected chi connectivity index (χ3v) is 6.52. The van der Waals surface area contributed by atoms with Crippen LogP contribution in [0.3, 0.4) is 0 Å². The van der Waals surface area contributed by atoms with Crippen LogP contribution in [0.1, 0.15) is 28.9 Å². The number of hydrogen-bond donors (Lipinski definition) is 2. The summed E-state index contributed by atoms with van der Waals surface area (Å²) in [7, 11) is 0. The maximum Gasteiger partial charge on any atom is 0.267 e. The Bertz CT molecular complexity index is 1390. The highest BCUT2D eigenvalue weighted by Crippen LogP contribution is 2.24. The van der Waals surface area contributed by atoms with Gasteiger partial charge in [-0.05, 0) is 54.4 Å². The van der Waals surface area contributed by atoms with E-state index in [9.17, 15) is 14.4 Å². The Morgan fingerprint density at radius 3 is 2.53 bits per heavy atom. The minimum absolute atomic E-state index is 0.0205. The molecule has 5 rings (SSSR count). The van der Waals surface area contributed by atoms with Gasteiger partial charge in [-0.3, -0.25) is 19.3 Å². The van der Waals surface area contributed by atoms with Crippen molar-refractivity contribution >= 4 is 41.0 Å². The summed E-state index contributed by atoms with van der Waals surface area (Å²) in [4.78, 5) is 49.2. The fraction of sp³-hybridized carbons (Fsp3) is 0.222. The second kappa shape index (κ2) is 10.9. The number of ether oxygens (including phenoxy) is 1. The molecule has 3 amide bonds. The van der Waals surface area contributed by atoms with Gasteiger partial charge in [0.25, 0.3) is 11.8 Å². The van der Waals surface area contributed by atoms with Crippen molar-refractivity contribution in [1.29, 1.82) is 0 Å². The van der Waals surface area contributed by atoms with Crippen molar-refractivity contribution in [3.05, 3.63) is 83.0 Å². The topological polar surface area (TPSA) is 130 Å². The van der Waals surface area contributed by atoms with E-state index in [0.29, 0.717) is 35.4 Å². The Hall–Kier alpha value is -4.44. The fourth-order valence-corrected chi connectivity index (χ4v) is 4.47. The predicted octanol–water partition coefficient (Wildman–Crippen LogP) is 3.43. The van der Waals surface area contributed by atoms with Gasteiger partial charge in [0.15, 0.2) is 0 Å². The average Bonchev–Trinajstić information content (AvgIpc) is 3.34. The van der Waals surface area contributed by atoms with Crippen LogP contribution in [-0.4, -0.2) is 57.6 Å². The van der Waals surface area contributed by atoms with Crippen molar-refractivity contribution in [3.63, 3.8) is 0 Å². The molecule has 38 heavy (non-hydrogen) atoms. The zero-order chi connectivity index (χ0) is 26.6. The van der Waals surface area contributed by atoms with Crippen LogP contribution in [0.5, 0.6) is 11.6 Å². The van der Waals surface area contributed by atoms with Gasteiger partial charge in [0, 0.05) is 29.7 Å². The molecule has 0 bridgehead atoms. The molecule has 0 saturated carbocycles. The second-order valence-corrected chi connectivity index (χ2v) is 9.33. The van der Waals surface area contributed by atoms with E-state index in [-0.39, 0.29) is 36.5 Å². The molecule has 1 saturated heterocycles. The zero-order valence-electron chi connectivity index (χ0n) is 20.3. The van der Waals surface area contributed by atoms with E-state index in [0.717, 1.165) is 12.0 Å². The molecule has 0 spiro atoms. The van der Waals surface area contributed by atoms with Crippen molar-refractivity contribution in [2.75, 3.05) is 18.4 Å². The highest BCUT2D eigenvalue weighted by atomic mass is 35.5. The Labute approximate surface area is 224 Å². The number of primary amides is 1. The SMILES string of the molecule is NC(=O)c1cccc(Oc2ccc(NC3=NCC(N4CCCC4=O)C(=O)N3Cc3ccc(Cl)cc3)cc2)n1. The van der Waals surface area contributed by atoms with Gasteiger partial charge in [-0.2, -0.15) is 0 Å². The monoisotopic (exact) mass is 532 g/mol. The Morgan fingerprint density at radius 2 is 1.84 bits per heavy atom. The summed E-state index contributed by atoms with van der Waals surface area (Å²) in [6, 6.07) is 18.4. The lowest BCUT2D eigenvalue weighted by molar-refractivity contribution is -0.141. The van der Waals surface area contributed by atoms with Crippen molar-refractivity contribution < 1.29 is 19.1 Å². The van der Waals surface area contributed by atoms with E-state index in [1.54, 1.807) is 58.3 Å². The van der Waals surface area contributed by atoms with E-state index in [2.05, 4.69) is 15.3 Å². The first-order valence-electron chi connectivity index (χ1n) is 12.1. The van der Waals surface area contributed by atoms with E-state index < -0.39 is 11.9 Å². The number of aliphatic imine (C=N–C) groups is 1. The van der Waals surface area contributed by atoms with Crippen molar-refractivity contribution in [2.24, 2.45) is 10.7 Å². The number of anilines is 1. The molecule has 1 fully saturated rings. The van der Waals surface area contributed by atoms with E-state index in [1.807, 2.05) is 12.1 Å². The van der Waals surface area contributed by atoms with Crippen molar-refractivity contribution in [3.8, 4) is 11.6 Å². The normalized spacial score (nSPS) is 17.4. The Morgan fingerprint density at radius 1 is 1.08 bits per heavy atom. The minimum Gasteiger partial charge on any atom is -0.439 e. The number of halogens is 1. The molecule has 1 unspecified atom stereocenters. The van der Waals surface area contributed by atoms with E-state index in [1.165, 1.54) is 6.07 Å².